The van der Waals surface area contributed by atoms with Crippen LogP contribution in [-0.4, -0.2) is 64.1 Å². The second kappa shape index (κ2) is 14.2. The van der Waals surface area contributed by atoms with E-state index in [4.69, 9.17) is 9.47 Å². The summed E-state index contributed by atoms with van der Waals surface area (Å²) >= 11 is 0. The van der Waals surface area contributed by atoms with Gasteiger partial charge in [-0.3, -0.25) is 14.6 Å². The minimum absolute atomic E-state index is 0.0117. The van der Waals surface area contributed by atoms with Crippen LogP contribution < -0.4 is 21.3 Å². The maximum atomic E-state index is 12.5. The van der Waals surface area contributed by atoms with Crippen LogP contribution in [0.15, 0.2) is 79.3 Å². The summed E-state index contributed by atoms with van der Waals surface area (Å²) in [5.41, 5.74) is 2.95. The van der Waals surface area contributed by atoms with E-state index >= 15 is 0 Å². The molecule has 50 heavy (non-hydrogen) atoms. The first-order chi connectivity index (χ1) is 24.1. The van der Waals surface area contributed by atoms with Crippen molar-refractivity contribution in [1.82, 2.24) is 25.6 Å². The van der Waals surface area contributed by atoms with E-state index in [0.29, 0.717) is 29.4 Å². The molecule has 0 aliphatic carbocycles. The average molecular weight is 688 g/mol. The van der Waals surface area contributed by atoms with Crippen molar-refractivity contribution in [3.63, 3.8) is 0 Å². The van der Waals surface area contributed by atoms with Crippen LogP contribution in [0.4, 0.5) is 24.5 Å². The van der Waals surface area contributed by atoms with Crippen molar-refractivity contribution in [2.45, 2.75) is 68.9 Å². The number of morpholine rings is 2. The topological polar surface area (TPSA) is 139 Å². The van der Waals surface area contributed by atoms with Gasteiger partial charge >= 0.3 is 6.18 Å². The van der Waals surface area contributed by atoms with E-state index in [0.717, 1.165) is 73.3 Å². The molecule has 0 radical (unpaired) electrons. The van der Waals surface area contributed by atoms with Crippen LogP contribution in [0.3, 0.4) is 0 Å². The Morgan fingerprint density at radius 1 is 0.720 bits per heavy atom. The Bertz CT molecular complexity index is 1810. The van der Waals surface area contributed by atoms with E-state index in [-0.39, 0.29) is 29.8 Å². The van der Waals surface area contributed by atoms with Crippen molar-refractivity contribution in [2.24, 2.45) is 0 Å². The van der Waals surface area contributed by atoms with Crippen LogP contribution in [0.5, 0.6) is 0 Å². The third kappa shape index (κ3) is 7.53. The molecule has 6 atom stereocenters. The summed E-state index contributed by atoms with van der Waals surface area (Å²) < 4.78 is 49.5. The first-order valence-corrected chi connectivity index (χ1v) is 16.6. The van der Waals surface area contributed by atoms with E-state index in [1.807, 2.05) is 43.3 Å². The molecule has 0 spiro atoms. The van der Waals surface area contributed by atoms with Crippen molar-refractivity contribution in [3.05, 3.63) is 113 Å². The second-order valence-corrected chi connectivity index (χ2v) is 12.7. The van der Waals surface area contributed by atoms with Crippen LogP contribution in [0.2, 0.25) is 0 Å². The highest BCUT2D eigenvalue weighted by Gasteiger charge is 2.42. The second-order valence-electron chi connectivity index (χ2n) is 12.7. The first kappa shape index (κ1) is 33.7. The molecule has 260 valence electrons. The van der Waals surface area contributed by atoms with Crippen molar-refractivity contribution < 1.29 is 32.2 Å². The predicted molar refractivity (Wildman–Crippen MR) is 177 cm³/mol. The number of carbonyl (C=O) groups excluding carboxylic acids is 2. The molecule has 2 amide bonds. The normalized spacial score (nSPS) is 24.8. The zero-order chi connectivity index (χ0) is 34.8. The number of nitrogens with one attached hydrogen (secondary N) is 4. The molecule has 4 N–H and O–H groups in total. The third-order valence-electron chi connectivity index (χ3n) is 9.25. The standard InChI is InChI=1S/C18H16F3N3O2.C18H20N4O2/c19-18(20,21)15-6-3-11(8-23-15)17(25)24-12-4-1-10(2-5-12)16-14-7-13(26-16)9-22-14;1-2-16-20-8-12(9-21-16)18(23)22-13-5-3-11(4-6-13)17-15-7-14(24-17)10-19-15/h1-6,8,13-14,16,22H,7,9H2,(H,24,25);3-6,8-9,14-15,17,19H,2,7,10H2,1H3,(H,22,23)/t13-,14-,16+;14-,15-,17+/m11/s1. The fourth-order valence-corrected chi connectivity index (χ4v) is 6.63. The zero-order valence-corrected chi connectivity index (χ0v) is 27.1. The number of pyridine rings is 1. The lowest BCUT2D eigenvalue weighted by atomic mass is 10.0. The largest absolute Gasteiger partial charge is 0.433 e. The number of alkyl halides is 3. The number of aryl methyl sites for hydroxylation is 1. The molecule has 4 aliphatic rings. The Kier molecular flexibility index (Phi) is 9.60. The molecule has 4 aliphatic heterocycles. The smallest absolute Gasteiger partial charge is 0.367 e. The lowest BCUT2D eigenvalue weighted by Crippen LogP contribution is -2.33. The van der Waals surface area contributed by atoms with E-state index in [1.165, 1.54) is 0 Å². The highest BCUT2D eigenvalue weighted by molar-refractivity contribution is 6.04. The van der Waals surface area contributed by atoms with E-state index in [9.17, 15) is 22.8 Å². The maximum absolute atomic E-state index is 12.5. The Balaban J connectivity index is 0.000000157. The van der Waals surface area contributed by atoms with E-state index in [2.05, 4.69) is 36.2 Å². The molecule has 6 heterocycles. The van der Waals surface area contributed by atoms with Crippen molar-refractivity contribution in [1.29, 1.82) is 0 Å². The van der Waals surface area contributed by atoms with Crippen LogP contribution in [0.1, 0.15) is 75.3 Å². The molecule has 4 saturated heterocycles. The number of anilines is 2. The van der Waals surface area contributed by atoms with Gasteiger partial charge in [-0.05, 0) is 60.4 Å². The monoisotopic (exact) mass is 687 g/mol. The maximum Gasteiger partial charge on any atom is 0.433 e. The van der Waals surface area contributed by atoms with Gasteiger partial charge in [-0.15, -0.1) is 0 Å². The number of nitrogens with zero attached hydrogens (tertiary/aromatic N) is 3. The van der Waals surface area contributed by atoms with E-state index in [1.54, 1.807) is 24.5 Å². The lowest BCUT2D eigenvalue weighted by molar-refractivity contribution is -0.141. The Morgan fingerprint density at radius 2 is 1.20 bits per heavy atom. The number of fused-ring (bicyclic) bond motifs is 4. The molecule has 4 bridgehead atoms. The van der Waals surface area contributed by atoms with Gasteiger partial charge in [0.05, 0.1) is 35.5 Å². The molecule has 4 fully saturated rings. The number of rotatable bonds is 7. The number of halogens is 3. The number of aromatic nitrogens is 3. The molecule has 8 rings (SSSR count). The summed E-state index contributed by atoms with van der Waals surface area (Å²) in [6.45, 7) is 3.82. The Hall–Kier alpha value is -4.76. The molecule has 2 aromatic heterocycles. The number of ether oxygens (including phenoxy) is 2. The molecule has 11 nitrogen and oxygen atoms in total. The molecule has 2 aromatic carbocycles. The van der Waals surface area contributed by atoms with Gasteiger partial charge in [-0.2, -0.15) is 13.2 Å². The highest BCUT2D eigenvalue weighted by Crippen LogP contribution is 2.38. The Labute approximate surface area is 286 Å². The number of amides is 2. The van der Waals surface area contributed by atoms with Gasteiger partial charge < -0.3 is 30.7 Å². The zero-order valence-electron chi connectivity index (χ0n) is 27.1. The Morgan fingerprint density at radius 3 is 1.58 bits per heavy atom. The van der Waals surface area contributed by atoms with Crippen LogP contribution in [-0.2, 0) is 22.1 Å². The van der Waals surface area contributed by atoms with Crippen molar-refractivity contribution >= 4 is 23.2 Å². The highest BCUT2D eigenvalue weighted by atomic mass is 19.4. The van der Waals surface area contributed by atoms with Crippen LogP contribution in [0, 0.1) is 0 Å². The van der Waals surface area contributed by atoms with Crippen LogP contribution in [0.25, 0.3) is 0 Å². The third-order valence-corrected chi connectivity index (χ3v) is 9.25. The van der Waals surface area contributed by atoms with Crippen molar-refractivity contribution in [2.75, 3.05) is 23.7 Å². The molecule has 0 saturated carbocycles. The molecular formula is C36H36F3N7O4. The minimum atomic E-state index is -4.53. The molecule has 4 aromatic rings. The van der Waals surface area contributed by atoms with Gasteiger partial charge in [0, 0.05) is 61.6 Å². The predicted octanol–water partition coefficient (Wildman–Crippen LogP) is 5.25. The number of carbonyl (C=O) groups is 2. The summed E-state index contributed by atoms with van der Waals surface area (Å²) in [7, 11) is 0. The summed E-state index contributed by atoms with van der Waals surface area (Å²) in [6.07, 6.45) is 3.07. The number of hydrogen-bond acceptors (Lipinski definition) is 9. The van der Waals surface area contributed by atoms with Gasteiger partial charge in [0.2, 0.25) is 0 Å². The fraction of sp³-hybridized carbons (Fsp3) is 0.361. The van der Waals surface area contributed by atoms with Crippen LogP contribution >= 0.6 is 0 Å². The summed E-state index contributed by atoms with van der Waals surface area (Å²) in [6, 6.07) is 17.7. The molecule has 0 unspecified atom stereocenters. The molecule has 14 heteroatoms. The summed E-state index contributed by atoms with van der Waals surface area (Å²) in [5, 5.41) is 12.4. The first-order valence-electron chi connectivity index (χ1n) is 16.6. The molecular weight excluding hydrogens is 651 g/mol. The van der Waals surface area contributed by atoms with Gasteiger partial charge in [0.1, 0.15) is 11.5 Å². The van der Waals surface area contributed by atoms with Gasteiger partial charge in [-0.25, -0.2) is 9.97 Å². The van der Waals surface area contributed by atoms with Gasteiger partial charge in [0.15, 0.2) is 0 Å². The SMILES string of the molecule is CCc1ncc(C(=O)Nc2ccc([C@@H]3O[C@H]4CN[C@@H]3C4)cc2)cn1.O=C(Nc1ccc([C@@H]2O[C@H]3CN[C@@H]2C3)cc1)c1ccc(C(F)(F)F)nc1. The van der Waals surface area contributed by atoms with Crippen molar-refractivity contribution in [3.8, 4) is 0 Å². The lowest BCUT2D eigenvalue weighted by Gasteiger charge is -2.23. The minimum Gasteiger partial charge on any atom is -0.367 e. The fourth-order valence-electron chi connectivity index (χ4n) is 6.63. The van der Waals surface area contributed by atoms with E-state index < -0.39 is 17.8 Å². The average Bonchev–Trinajstić information content (AvgIpc) is 3.96. The summed E-state index contributed by atoms with van der Waals surface area (Å²) in [4.78, 5) is 36.0. The quantitative estimate of drug-likeness (QED) is 0.205. The number of hydrogen-bond donors (Lipinski definition) is 4. The van der Waals surface area contributed by atoms with Gasteiger partial charge in [-0.1, -0.05) is 31.2 Å². The number of benzene rings is 2. The van der Waals surface area contributed by atoms with Gasteiger partial charge in [0.25, 0.3) is 11.8 Å². The summed E-state index contributed by atoms with van der Waals surface area (Å²) in [5.74, 6) is 0.00966.